The molecule has 7 heteroatoms. The smallest absolute Gasteiger partial charge is 0.253 e. The maximum absolute atomic E-state index is 12.9. The lowest BCUT2D eigenvalue weighted by Crippen LogP contribution is -2.49. The Morgan fingerprint density at radius 2 is 2.17 bits per heavy atom. The van der Waals surface area contributed by atoms with Crippen LogP contribution in [0.4, 0.5) is 0 Å². The van der Waals surface area contributed by atoms with Gasteiger partial charge in [0.25, 0.3) is 5.91 Å². The first-order valence-corrected chi connectivity index (χ1v) is 8.03. The number of imidazole rings is 1. The van der Waals surface area contributed by atoms with E-state index in [0.29, 0.717) is 12.1 Å². The van der Waals surface area contributed by atoms with Gasteiger partial charge in [-0.15, -0.1) is 0 Å². The maximum Gasteiger partial charge on any atom is 0.253 e. The number of carbonyl (C=O) groups excluding carboxylic acids is 1. The normalized spacial score (nSPS) is 19.1. The van der Waals surface area contributed by atoms with Gasteiger partial charge >= 0.3 is 0 Å². The third-order valence-electron chi connectivity index (χ3n) is 4.78. The average Bonchev–Trinajstić information content (AvgIpc) is 3.22. The van der Waals surface area contributed by atoms with Crippen molar-refractivity contribution in [3.63, 3.8) is 0 Å². The molecule has 0 unspecified atom stereocenters. The molecule has 0 bridgehead atoms. The zero-order chi connectivity index (χ0) is 16.7. The number of aromatic nitrogens is 4. The van der Waals surface area contributed by atoms with Crippen LogP contribution < -0.4 is 0 Å². The molecular weight excluding hydrogens is 304 g/mol. The van der Waals surface area contributed by atoms with Crippen molar-refractivity contribution in [2.45, 2.75) is 6.04 Å². The molecule has 0 radical (unpaired) electrons. The fourth-order valence-corrected chi connectivity index (χ4v) is 3.29. The Balaban J connectivity index is 1.59. The van der Waals surface area contributed by atoms with Crippen molar-refractivity contribution in [3.8, 4) is 0 Å². The molecule has 2 aromatic heterocycles. The van der Waals surface area contributed by atoms with Gasteiger partial charge in [0.1, 0.15) is 5.82 Å². The van der Waals surface area contributed by atoms with Gasteiger partial charge in [0.2, 0.25) is 0 Å². The van der Waals surface area contributed by atoms with Gasteiger partial charge in [0.15, 0.2) is 0 Å². The van der Waals surface area contributed by atoms with Crippen molar-refractivity contribution in [3.05, 3.63) is 48.2 Å². The van der Waals surface area contributed by atoms with E-state index in [1.165, 1.54) is 0 Å². The molecule has 4 rings (SSSR count). The minimum absolute atomic E-state index is 0.0606. The Kier molecular flexibility index (Phi) is 3.57. The molecule has 1 fully saturated rings. The van der Waals surface area contributed by atoms with Crippen LogP contribution in [0.1, 0.15) is 22.2 Å². The van der Waals surface area contributed by atoms with Gasteiger partial charge in [-0.05, 0) is 25.2 Å². The first kappa shape index (κ1) is 14.9. The molecule has 1 aromatic carbocycles. The van der Waals surface area contributed by atoms with Crippen molar-refractivity contribution in [1.82, 2.24) is 29.5 Å². The van der Waals surface area contributed by atoms with Crippen LogP contribution in [0.3, 0.4) is 0 Å². The number of amides is 1. The van der Waals surface area contributed by atoms with E-state index in [1.54, 1.807) is 12.4 Å². The lowest BCUT2D eigenvalue weighted by molar-refractivity contribution is 0.0529. The number of fused-ring (bicyclic) bond motifs is 1. The topological polar surface area (TPSA) is 70.1 Å². The van der Waals surface area contributed by atoms with E-state index in [-0.39, 0.29) is 11.9 Å². The standard InChI is InChI=1S/C17H20N6O/c1-21-7-8-23(11-15(21)16-18-5-6-22(16)2)17(24)12-3-4-14-13(9-12)10-19-20-14/h3-6,9-10,15H,7-8,11H2,1-2H3,(H,19,20)/t15-/m1/s1. The fraction of sp³-hybridized carbons (Fsp3) is 0.353. The largest absolute Gasteiger partial charge is 0.337 e. The van der Waals surface area contributed by atoms with E-state index in [0.717, 1.165) is 29.8 Å². The lowest BCUT2D eigenvalue weighted by atomic mass is 10.1. The van der Waals surface area contributed by atoms with Crippen LogP contribution in [-0.2, 0) is 7.05 Å². The number of rotatable bonds is 2. The second kappa shape index (κ2) is 5.76. The van der Waals surface area contributed by atoms with Crippen molar-refractivity contribution >= 4 is 16.8 Å². The highest BCUT2D eigenvalue weighted by Gasteiger charge is 2.31. The first-order chi connectivity index (χ1) is 11.6. The molecule has 0 aliphatic carbocycles. The summed E-state index contributed by atoms with van der Waals surface area (Å²) in [5.74, 6) is 1.05. The summed E-state index contributed by atoms with van der Waals surface area (Å²) >= 11 is 0. The Hall–Kier alpha value is -2.67. The monoisotopic (exact) mass is 324 g/mol. The van der Waals surface area contributed by atoms with Gasteiger partial charge in [0, 0.05) is 50.0 Å². The first-order valence-electron chi connectivity index (χ1n) is 8.03. The highest BCUT2D eigenvalue weighted by atomic mass is 16.2. The molecule has 1 aliphatic heterocycles. The predicted molar refractivity (Wildman–Crippen MR) is 90.6 cm³/mol. The molecule has 0 saturated carbocycles. The molecule has 1 amide bonds. The third kappa shape index (κ3) is 2.46. The molecule has 24 heavy (non-hydrogen) atoms. The molecular formula is C17H20N6O. The van der Waals surface area contributed by atoms with Crippen LogP contribution in [0.15, 0.2) is 36.8 Å². The van der Waals surface area contributed by atoms with Crippen LogP contribution in [0.25, 0.3) is 10.9 Å². The highest BCUT2D eigenvalue weighted by molar-refractivity contribution is 5.98. The SMILES string of the molecule is CN1CCN(C(=O)c2ccc3[nH]ncc3c2)C[C@@H]1c1nccn1C. The summed E-state index contributed by atoms with van der Waals surface area (Å²) < 4.78 is 2.02. The molecule has 1 N–H and O–H groups in total. The van der Waals surface area contributed by atoms with Gasteiger partial charge in [-0.25, -0.2) is 4.98 Å². The minimum atomic E-state index is 0.0606. The summed E-state index contributed by atoms with van der Waals surface area (Å²) in [6, 6.07) is 5.77. The zero-order valence-corrected chi connectivity index (χ0v) is 13.8. The Morgan fingerprint density at radius 1 is 1.29 bits per heavy atom. The van der Waals surface area contributed by atoms with Crippen molar-refractivity contribution in [2.24, 2.45) is 7.05 Å². The van der Waals surface area contributed by atoms with Crippen LogP contribution in [0, 0.1) is 0 Å². The van der Waals surface area contributed by atoms with Gasteiger partial charge < -0.3 is 9.47 Å². The van der Waals surface area contributed by atoms with Gasteiger partial charge in [0.05, 0.1) is 17.8 Å². The van der Waals surface area contributed by atoms with E-state index in [2.05, 4.69) is 27.1 Å². The number of hydrogen-bond acceptors (Lipinski definition) is 4. The number of nitrogens with one attached hydrogen (secondary N) is 1. The predicted octanol–water partition coefficient (Wildman–Crippen LogP) is 1.43. The molecule has 7 nitrogen and oxygen atoms in total. The summed E-state index contributed by atoms with van der Waals surface area (Å²) in [5, 5.41) is 7.88. The van der Waals surface area contributed by atoms with Gasteiger partial charge in [-0.2, -0.15) is 5.10 Å². The van der Waals surface area contributed by atoms with E-state index in [9.17, 15) is 4.79 Å². The molecule has 1 atom stereocenters. The average molecular weight is 324 g/mol. The number of H-pyrrole nitrogens is 1. The van der Waals surface area contributed by atoms with Crippen LogP contribution >= 0.6 is 0 Å². The fourth-order valence-electron chi connectivity index (χ4n) is 3.29. The van der Waals surface area contributed by atoms with Gasteiger partial charge in [-0.3, -0.25) is 14.8 Å². The highest BCUT2D eigenvalue weighted by Crippen LogP contribution is 2.24. The lowest BCUT2D eigenvalue weighted by Gasteiger charge is -2.39. The third-order valence-corrected chi connectivity index (χ3v) is 4.78. The molecule has 124 valence electrons. The molecule has 3 heterocycles. The number of hydrogen-bond donors (Lipinski definition) is 1. The minimum Gasteiger partial charge on any atom is -0.337 e. The quantitative estimate of drug-likeness (QED) is 0.774. The maximum atomic E-state index is 12.9. The van der Waals surface area contributed by atoms with Crippen molar-refractivity contribution in [2.75, 3.05) is 26.7 Å². The van der Waals surface area contributed by atoms with Gasteiger partial charge in [-0.1, -0.05) is 0 Å². The summed E-state index contributed by atoms with van der Waals surface area (Å²) in [5.41, 5.74) is 1.64. The van der Waals surface area contributed by atoms with Crippen LogP contribution in [0.2, 0.25) is 0 Å². The van der Waals surface area contributed by atoms with E-state index < -0.39 is 0 Å². The molecule has 1 saturated heterocycles. The number of aromatic amines is 1. The second-order valence-corrected chi connectivity index (χ2v) is 6.32. The van der Waals surface area contributed by atoms with Crippen LogP contribution in [-0.4, -0.2) is 62.1 Å². The number of aryl methyl sites for hydroxylation is 1. The molecule has 0 spiro atoms. The summed E-state index contributed by atoms with van der Waals surface area (Å²) in [6.45, 7) is 2.19. The molecule has 3 aromatic rings. The Morgan fingerprint density at radius 3 is 2.96 bits per heavy atom. The number of benzene rings is 1. The van der Waals surface area contributed by atoms with E-state index in [4.69, 9.17) is 0 Å². The number of nitrogens with zero attached hydrogens (tertiary/aromatic N) is 5. The molecule has 1 aliphatic rings. The summed E-state index contributed by atoms with van der Waals surface area (Å²) in [6.07, 6.45) is 5.49. The van der Waals surface area contributed by atoms with Crippen molar-refractivity contribution < 1.29 is 4.79 Å². The van der Waals surface area contributed by atoms with Crippen molar-refractivity contribution in [1.29, 1.82) is 0 Å². The Labute approximate surface area is 139 Å². The summed E-state index contributed by atoms with van der Waals surface area (Å²) in [4.78, 5) is 21.6. The second-order valence-electron chi connectivity index (χ2n) is 6.32. The number of piperazine rings is 1. The zero-order valence-electron chi connectivity index (χ0n) is 13.8. The van der Waals surface area contributed by atoms with Crippen LogP contribution in [0.5, 0.6) is 0 Å². The number of likely N-dealkylation sites (N-methyl/N-ethyl adjacent to an activating group) is 1. The van der Waals surface area contributed by atoms with E-state index >= 15 is 0 Å². The number of carbonyl (C=O) groups is 1. The van der Waals surface area contributed by atoms with E-state index in [1.807, 2.05) is 40.9 Å². The summed E-state index contributed by atoms with van der Waals surface area (Å²) in [7, 11) is 4.07. The Bertz CT molecular complexity index is 882.